The zero-order valence-electron chi connectivity index (χ0n) is 14.9. The molecule has 0 radical (unpaired) electrons. The zero-order valence-corrected chi connectivity index (χ0v) is 14.9. The Morgan fingerprint density at radius 2 is 1.44 bits per heavy atom. The van der Waals surface area contributed by atoms with Crippen LogP contribution in [-0.2, 0) is 11.2 Å². The van der Waals surface area contributed by atoms with Crippen LogP contribution in [0.3, 0.4) is 0 Å². The molecule has 0 amide bonds. The Morgan fingerprint density at radius 3 is 2.12 bits per heavy atom. The maximum Gasteiger partial charge on any atom is 0.161 e. The van der Waals surface area contributed by atoms with Crippen molar-refractivity contribution in [3.63, 3.8) is 0 Å². The summed E-state index contributed by atoms with van der Waals surface area (Å²) in [6.45, 7) is 0.627. The third kappa shape index (κ3) is 3.36. The fraction of sp³-hybridized carbons (Fsp3) is 0.300. The van der Waals surface area contributed by atoms with Gasteiger partial charge in [-0.05, 0) is 41.5 Å². The number of methoxy groups -OCH3 is 4. The van der Waals surface area contributed by atoms with Crippen LogP contribution >= 0.6 is 0 Å². The molecule has 5 heteroatoms. The topological polar surface area (TPSA) is 46.2 Å². The summed E-state index contributed by atoms with van der Waals surface area (Å²) in [7, 11) is 6.52. The van der Waals surface area contributed by atoms with Crippen molar-refractivity contribution in [3.05, 3.63) is 47.0 Å². The molecule has 0 aliphatic carbocycles. The van der Waals surface area contributed by atoms with Crippen LogP contribution < -0.4 is 18.9 Å². The minimum absolute atomic E-state index is 0.627. The van der Waals surface area contributed by atoms with Gasteiger partial charge in [0.25, 0.3) is 0 Å². The maximum atomic E-state index is 5.90. The second kappa shape index (κ2) is 7.38. The van der Waals surface area contributed by atoms with Crippen molar-refractivity contribution >= 4 is 11.8 Å². The summed E-state index contributed by atoms with van der Waals surface area (Å²) in [4.78, 5) is 0. The molecule has 0 spiro atoms. The van der Waals surface area contributed by atoms with E-state index in [2.05, 4.69) is 0 Å². The van der Waals surface area contributed by atoms with Gasteiger partial charge in [0.1, 0.15) is 5.76 Å². The minimum atomic E-state index is 0.627. The quantitative estimate of drug-likeness (QED) is 0.827. The lowest BCUT2D eigenvalue weighted by Gasteiger charge is -2.22. The summed E-state index contributed by atoms with van der Waals surface area (Å²) >= 11 is 0. The largest absolute Gasteiger partial charge is 0.493 e. The second-order valence-corrected chi connectivity index (χ2v) is 5.59. The number of hydrogen-bond donors (Lipinski definition) is 0. The highest BCUT2D eigenvalue weighted by atomic mass is 16.5. The average Bonchev–Trinajstić information content (AvgIpc) is 2.66. The molecule has 0 saturated carbocycles. The van der Waals surface area contributed by atoms with Crippen LogP contribution in [0, 0.1) is 0 Å². The molecule has 0 atom stereocenters. The van der Waals surface area contributed by atoms with Gasteiger partial charge in [0.2, 0.25) is 0 Å². The first-order valence-electron chi connectivity index (χ1n) is 8.02. The molecule has 25 heavy (non-hydrogen) atoms. The molecule has 0 bridgehead atoms. The predicted octanol–water partition coefficient (Wildman–Crippen LogP) is 3.79. The van der Waals surface area contributed by atoms with E-state index in [0.29, 0.717) is 23.9 Å². The van der Waals surface area contributed by atoms with Crippen molar-refractivity contribution in [2.75, 3.05) is 35.0 Å². The van der Waals surface area contributed by atoms with E-state index in [-0.39, 0.29) is 0 Å². The van der Waals surface area contributed by atoms with Gasteiger partial charge < -0.3 is 23.7 Å². The van der Waals surface area contributed by atoms with Crippen LogP contribution in [0.25, 0.3) is 11.8 Å². The normalized spacial score (nSPS) is 14.5. The van der Waals surface area contributed by atoms with Gasteiger partial charge in [-0.15, -0.1) is 0 Å². The molecule has 0 N–H and O–H groups in total. The molecule has 1 aliphatic rings. The van der Waals surface area contributed by atoms with Crippen molar-refractivity contribution in [2.45, 2.75) is 6.42 Å². The monoisotopic (exact) mass is 342 g/mol. The number of rotatable bonds is 5. The standard InChI is InChI=1S/C20H22O5/c1-21-16-6-5-13(10-18(16)22-2)9-17-15-12-20(24-4)19(23-3)11-14(15)7-8-25-17/h5-6,9-12H,7-8H2,1-4H3/b17-9-. The van der Waals surface area contributed by atoms with Crippen LogP contribution in [0.1, 0.15) is 16.7 Å². The highest BCUT2D eigenvalue weighted by Crippen LogP contribution is 2.37. The number of benzene rings is 2. The summed E-state index contributed by atoms with van der Waals surface area (Å²) in [6, 6.07) is 9.74. The number of hydrogen-bond acceptors (Lipinski definition) is 5. The van der Waals surface area contributed by atoms with Gasteiger partial charge in [-0.3, -0.25) is 0 Å². The first-order chi connectivity index (χ1) is 12.2. The van der Waals surface area contributed by atoms with E-state index < -0.39 is 0 Å². The molecule has 1 heterocycles. The third-order valence-electron chi connectivity index (χ3n) is 4.21. The average molecular weight is 342 g/mol. The Hall–Kier alpha value is -2.82. The molecule has 0 saturated heterocycles. The third-order valence-corrected chi connectivity index (χ3v) is 4.21. The van der Waals surface area contributed by atoms with Gasteiger partial charge in [0.05, 0.1) is 35.0 Å². The Morgan fingerprint density at radius 1 is 0.800 bits per heavy atom. The first-order valence-corrected chi connectivity index (χ1v) is 8.02. The van der Waals surface area contributed by atoms with Crippen molar-refractivity contribution in [1.29, 1.82) is 0 Å². The van der Waals surface area contributed by atoms with Crippen molar-refractivity contribution in [3.8, 4) is 23.0 Å². The van der Waals surface area contributed by atoms with Gasteiger partial charge in [0, 0.05) is 12.0 Å². The Balaban J connectivity index is 2.04. The molecule has 2 aromatic carbocycles. The maximum absolute atomic E-state index is 5.90. The number of fused-ring (bicyclic) bond motifs is 1. The molecule has 0 fully saturated rings. The van der Waals surface area contributed by atoms with Crippen LogP contribution in [-0.4, -0.2) is 35.0 Å². The predicted molar refractivity (Wildman–Crippen MR) is 96.6 cm³/mol. The molecule has 132 valence electrons. The lowest BCUT2D eigenvalue weighted by molar-refractivity contribution is 0.271. The fourth-order valence-electron chi connectivity index (χ4n) is 2.92. The van der Waals surface area contributed by atoms with Crippen LogP contribution in [0.4, 0.5) is 0 Å². The molecular weight excluding hydrogens is 320 g/mol. The van der Waals surface area contributed by atoms with Crippen LogP contribution in [0.15, 0.2) is 30.3 Å². The van der Waals surface area contributed by atoms with Crippen LogP contribution in [0.2, 0.25) is 0 Å². The van der Waals surface area contributed by atoms with E-state index in [1.807, 2.05) is 36.4 Å². The molecular formula is C20H22O5. The second-order valence-electron chi connectivity index (χ2n) is 5.59. The fourth-order valence-corrected chi connectivity index (χ4v) is 2.92. The zero-order chi connectivity index (χ0) is 17.8. The van der Waals surface area contributed by atoms with Gasteiger partial charge in [0.15, 0.2) is 23.0 Å². The van der Waals surface area contributed by atoms with Gasteiger partial charge in [-0.25, -0.2) is 0 Å². The Bertz CT molecular complexity index is 795. The van der Waals surface area contributed by atoms with Crippen molar-refractivity contribution in [1.82, 2.24) is 0 Å². The van der Waals surface area contributed by atoms with Gasteiger partial charge >= 0.3 is 0 Å². The SMILES string of the molecule is COc1ccc(/C=C2\OCCc3cc(OC)c(OC)cc32)cc1OC. The highest BCUT2D eigenvalue weighted by molar-refractivity contribution is 5.81. The van der Waals surface area contributed by atoms with Crippen molar-refractivity contribution < 1.29 is 23.7 Å². The number of ether oxygens (including phenoxy) is 5. The highest BCUT2D eigenvalue weighted by Gasteiger charge is 2.19. The van der Waals surface area contributed by atoms with E-state index in [1.165, 1.54) is 5.56 Å². The summed E-state index contributed by atoms with van der Waals surface area (Å²) < 4.78 is 27.4. The Labute approximate surface area is 147 Å². The van der Waals surface area contributed by atoms with Crippen molar-refractivity contribution in [2.24, 2.45) is 0 Å². The van der Waals surface area contributed by atoms with Crippen LogP contribution in [0.5, 0.6) is 23.0 Å². The van der Waals surface area contributed by atoms with E-state index in [4.69, 9.17) is 23.7 Å². The summed E-state index contributed by atoms with van der Waals surface area (Å²) in [5.41, 5.74) is 3.16. The molecule has 1 aliphatic heterocycles. The lowest BCUT2D eigenvalue weighted by atomic mass is 9.98. The summed E-state index contributed by atoms with van der Waals surface area (Å²) in [5, 5.41) is 0. The minimum Gasteiger partial charge on any atom is -0.493 e. The van der Waals surface area contributed by atoms with Gasteiger partial charge in [-0.2, -0.15) is 0 Å². The molecule has 3 rings (SSSR count). The molecule has 5 nitrogen and oxygen atoms in total. The molecule has 0 aromatic heterocycles. The summed E-state index contributed by atoms with van der Waals surface area (Å²) in [5.74, 6) is 3.59. The van der Waals surface area contributed by atoms with Gasteiger partial charge in [-0.1, -0.05) is 6.07 Å². The van der Waals surface area contributed by atoms with E-state index in [0.717, 1.165) is 29.1 Å². The van der Waals surface area contributed by atoms with E-state index >= 15 is 0 Å². The molecule has 2 aromatic rings. The van der Waals surface area contributed by atoms with E-state index in [9.17, 15) is 0 Å². The Kier molecular flexibility index (Phi) is 5.03. The lowest BCUT2D eigenvalue weighted by Crippen LogP contribution is -2.10. The summed E-state index contributed by atoms with van der Waals surface area (Å²) in [6.07, 6.45) is 2.82. The molecule has 0 unspecified atom stereocenters. The smallest absolute Gasteiger partial charge is 0.161 e. The van der Waals surface area contributed by atoms with E-state index in [1.54, 1.807) is 28.4 Å². The first kappa shape index (κ1) is 17.0.